The Labute approximate surface area is 266 Å². The van der Waals surface area contributed by atoms with Crippen molar-refractivity contribution in [3.05, 3.63) is 211 Å². The quantitative estimate of drug-likeness (QED) is 0.163. The zero-order valence-corrected chi connectivity index (χ0v) is 25.0. The van der Waals surface area contributed by atoms with Crippen molar-refractivity contribution in [1.82, 2.24) is 0 Å². The summed E-state index contributed by atoms with van der Waals surface area (Å²) in [4.78, 5) is 2.29. The lowest BCUT2D eigenvalue weighted by atomic mass is 9.88. The molecule has 0 aromatic heterocycles. The highest BCUT2D eigenvalue weighted by molar-refractivity contribution is 5.95. The average molecular weight is 576 g/mol. The number of rotatable bonds is 8. The topological polar surface area (TPSA) is 3.24 Å². The maximum Gasteiger partial charge on any atom is 0.0462 e. The molecule has 0 amide bonds. The van der Waals surface area contributed by atoms with Crippen LogP contribution in [0.2, 0.25) is 0 Å². The van der Waals surface area contributed by atoms with E-state index in [2.05, 4.69) is 205 Å². The van der Waals surface area contributed by atoms with Crippen LogP contribution in [0.4, 0.5) is 17.1 Å². The second-order valence-electron chi connectivity index (χ2n) is 11.0. The number of anilines is 3. The zero-order chi connectivity index (χ0) is 30.3. The molecule has 0 saturated heterocycles. The summed E-state index contributed by atoms with van der Waals surface area (Å²) in [7, 11) is 0. The zero-order valence-electron chi connectivity index (χ0n) is 25.0. The first-order valence-electron chi connectivity index (χ1n) is 15.4. The smallest absolute Gasteiger partial charge is 0.0462 e. The summed E-state index contributed by atoms with van der Waals surface area (Å²) in [5, 5.41) is 0. The highest BCUT2D eigenvalue weighted by Crippen LogP contribution is 2.38. The van der Waals surface area contributed by atoms with E-state index in [1.807, 2.05) is 0 Å². The van der Waals surface area contributed by atoms with Crippen molar-refractivity contribution in [2.75, 3.05) is 4.90 Å². The highest BCUT2D eigenvalue weighted by atomic mass is 15.1. The first-order chi connectivity index (χ1) is 22.3. The van der Waals surface area contributed by atoms with Gasteiger partial charge in [0.25, 0.3) is 0 Å². The van der Waals surface area contributed by atoms with Gasteiger partial charge in [0.05, 0.1) is 0 Å². The van der Waals surface area contributed by atoms with E-state index in [-0.39, 0.29) is 0 Å². The molecule has 0 N–H and O–H groups in total. The minimum atomic E-state index is 1.12. The average Bonchev–Trinajstić information content (AvgIpc) is 3.13. The Morgan fingerprint density at radius 3 is 1.33 bits per heavy atom. The fraction of sp³-hybridized carbons (Fsp3) is 0. The lowest BCUT2D eigenvalue weighted by molar-refractivity contribution is 1.28. The van der Waals surface area contributed by atoms with Crippen molar-refractivity contribution in [3.63, 3.8) is 0 Å². The largest absolute Gasteiger partial charge is 0.311 e. The van der Waals surface area contributed by atoms with Crippen LogP contribution in [0.3, 0.4) is 0 Å². The lowest BCUT2D eigenvalue weighted by Gasteiger charge is -2.25. The Bertz CT molecular complexity index is 1960. The SMILES string of the molecule is C(=C(c1ccccc1)c1ccc(-c2ccccc2)c(-c2ccccc2)c1)c1ccc(N(c2ccccc2)c2ccccc2)cc1. The molecule has 0 aliphatic carbocycles. The monoisotopic (exact) mass is 575 g/mol. The van der Waals surface area contributed by atoms with E-state index >= 15 is 0 Å². The summed E-state index contributed by atoms with van der Waals surface area (Å²) in [6.45, 7) is 0. The van der Waals surface area contributed by atoms with Crippen LogP contribution >= 0.6 is 0 Å². The van der Waals surface area contributed by atoms with Gasteiger partial charge in [-0.05, 0) is 93.1 Å². The van der Waals surface area contributed by atoms with Gasteiger partial charge < -0.3 is 4.90 Å². The minimum Gasteiger partial charge on any atom is -0.311 e. The number of hydrogen-bond acceptors (Lipinski definition) is 1. The normalized spacial score (nSPS) is 11.2. The summed E-state index contributed by atoms with van der Waals surface area (Å²) in [6, 6.07) is 68.8. The summed E-state index contributed by atoms with van der Waals surface area (Å²) in [5.41, 5.74) is 12.9. The molecule has 0 saturated carbocycles. The Kier molecular flexibility index (Phi) is 8.15. The van der Waals surface area contributed by atoms with Gasteiger partial charge in [-0.2, -0.15) is 0 Å². The van der Waals surface area contributed by atoms with Crippen LogP contribution in [0.1, 0.15) is 16.7 Å². The van der Waals surface area contributed by atoms with Gasteiger partial charge in [0, 0.05) is 17.1 Å². The van der Waals surface area contributed by atoms with Crippen LogP contribution in [-0.4, -0.2) is 0 Å². The van der Waals surface area contributed by atoms with Gasteiger partial charge in [0.2, 0.25) is 0 Å². The molecule has 0 heterocycles. The van der Waals surface area contributed by atoms with E-state index in [9.17, 15) is 0 Å². The van der Waals surface area contributed by atoms with Crippen molar-refractivity contribution in [2.45, 2.75) is 0 Å². The van der Waals surface area contributed by atoms with Gasteiger partial charge in [-0.3, -0.25) is 0 Å². The molecule has 0 spiro atoms. The van der Waals surface area contributed by atoms with Crippen molar-refractivity contribution in [2.24, 2.45) is 0 Å². The second kappa shape index (κ2) is 13.2. The van der Waals surface area contributed by atoms with E-state index in [0.717, 1.165) is 22.6 Å². The van der Waals surface area contributed by atoms with Crippen LogP contribution < -0.4 is 4.90 Å². The summed E-state index contributed by atoms with van der Waals surface area (Å²) in [5.74, 6) is 0. The summed E-state index contributed by atoms with van der Waals surface area (Å²) < 4.78 is 0. The minimum absolute atomic E-state index is 1.12. The Morgan fingerprint density at radius 1 is 0.356 bits per heavy atom. The summed E-state index contributed by atoms with van der Waals surface area (Å²) >= 11 is 0. The third kappa shape index (κ3) is 6.25. The molecular weight excluding hydrogens is 542 g/mol. The molecule has 0 aliphatic heterocycles. The summed E-state index contributed by atoms with van der Waals surface area (Å²) in [6.07, 6.45) is 2.31. The van der Waals surface area contributed by atoms with Crippen LogP contribution in [-0.2, 0) is 0 Å². The van der Waals surface area contributed by atoms with Gasteiger partial charge in [0.1, 0.15) is 0 Å². The third-order valence-corrected chi connectivity index (χ3v) is 8.08. The number of hydrogen-bond donors (Lipinski definition) is 0. The van der Waals surface area contributed by atoms with E-state index in [1.54, 1.807) is 0 Å². The molecule has 7 aromatic carbocycles. The van der Waals surface area contributed by atoms with Crippen molar-refractivity contribution in [1.29, 1.82) is 0 Å². The Balaban J connectivity index is 1.32. The molecule has 214 valence electrons. The molecule has 0 radical (unpaired) electrons. The molecule has 45 heavy (non-hydrogen) atoms. The first-order valence-corrected chi connectivity index (χ1v) is 15.4. The van der Waals surface area contributed by atoms with Crippen molar-refractivity contribution >= 4 is 28.7 Å². The fourth-order valence-corrected chi connectivity index (χ4v) is 5.88. The third-order valence-electron chi connectivity index (χ3n) is 8.08. The predicted molar refractivity (Wildman–Crippen MR) is 192 cm³/mol. The second-order valence-corrected chi connectivity index (χ2v) is 11.0. The first kappa shape index (κ1) is 27.9. The number of para-hydroxylation sites is 2. The van der Waals surface area contributed by atoms with E-state index < -0.39 is 0 Å². The molecule has 7 rings (SSSR count). The Morgan fingerprint density at radius 2 is 0.800 bits per heavy atom. The van der Waals surface area contributed by atoms with Crippen LogP contribution in [0.15, 0.2) is 194 Å². The predicted octanol–water partition coefficient (Wildman–Crippen LogP) is 12.1. The molecule has 1 heteroatoms. The molecule has 1 nitrogen and oxygen atoms in total. The van der Waals surface area contributed by atoms with Gasteiger partial charge in [-0.15, -0.1) is 0 Å². The molecule has 0 atom stereocenters. The molecule has 0 fully saturated rings. The standard InChI is InChI=1S/C44H33N/c1-6-16-35(17-7-1)42-31-28-38(33-44(42)37-20-10-3-11-21-37)43(36-18-8-2-9-19-36)32-34-26-29-41(30-27-34)45(39-22-12-4-13-23-39)40-24-14-5-15-25-40/h1-33H. The van der Waals surface area contributed by atoms with E-state index in [1.165, 1.54) is 39.0 Å². The lowest BCUT2D eigenvalue weighted by Crippen LogP contribution is -2.09. The molecule has 0 bridgehead atoms. The van der Waals surface area contributed by atoms with Crippen molar-refractivity contribution < 1.29 is 0 Å². The van der Waals surface area contributed by atoms with Gasteiger partial charge in [-0.1, -0.05) is 152 Å². The molecule has 7 aromatic rings. The van der Waals surface area contributed by atoms with Crippen LogP contribution in [0, 0.1) is 0 Å². The van der Waals surface area contributed by atoms with Gasteiger partial charge in [-0.25, -0.2) is 0 Å². The Hall–Kier alpha value is -5.92. The molecule has 0 unspecified atom stereocenters. The van der Waals surface area contributed by atoms with Crippen molar-refractivity contribution in [3.8, 4) is 22.3 Å². The van der Waals surface area contributed by atoms with Crippen LogP contribution in [0.5, 0.6) is 0 Å². The molecular formula is C44H33N. The highest BCUT2D eigenvalue weighted by Gasteiger charge is 2.14. The maximum atomic E-state index is 2.34. The fourth-order valence-electron chi connectivity index (χ4n) is 5.88. The van der Waals surface area contributed by atoms with Crippen LogP contribution in [0.25, 0.3) is 33.9 Å². The molecule has 0 aliphatic rings. The number of nitrogens with zero attached hydrogens (tertiary/aromatic N) is 1. The number of benzene rings is 7. The van der Waals surface area contributed by atoms with E-state index in [0.29, 0.717) is 0 Å². The van der Waals surface area contributed by atoms with Gasteiger partial charge in [0.15, 0.2) is 0 Å². The van der Waals surface area contributed by atoms with E-state index in [4.69, 9.17) is 0 Å². The maximum absolute atomic E-state index is 2.34. The van der Waals surface area contributed by atoms with Gasteiger partial charge >= 0.3 is 0 Å².